The van der Waals surface area contributed by atoms with Crippen LogP contribution in [0, 0.1) is 12.8 Å². The number of aromatic nitrogens is 2. The fourth-order valence-electron chi connectivity index (χ4n) is 3.29. The first-order valence-electron chi connectivity index (χ1n) is 9.12. The lowest BCUT2D eigenvalue weighted by Gasteiger charge is -2.19. The van der Waals surface area contributed by atoms with Crippen LogP contribution in [0.1, 0.15) is 23.9 Å². The smallest absolute Gasteiger partial charge is 0.223 e. The summed E-state index contributed by atoms with van der Waals surface area (Å²) in [6.45, 7) is 5.41. The lowest BCUT2D eigenvalue weighted by atomic mass is 10.1. The number of aryl methyl sites for hydroxylation is 1. The fourth-order valence-corrected chi connectivity index (χ4v) is 4.33. The molecule has 1 aromatic heterocycles. The summed E-state index contributed by atoms with van der Waals surface area (Å²) < 4.78 is 7.10. The predicted octanol–water partition coefficient (Wildman–Crippen LogP) is 5.44. The van der Waals surface area contributed by atoms with Crippen LogP contribution in [0.4, 0.5) is 0 Å². The minimum atomic E-state index is 0.207. The summed E-state index contributed by atoms with van der Waals surface area (Å²) in [7, 11) is 0. The molecule has 0 saturated carbocycles. The molecule has 1 unspecified atom stereocenters. The maximum atomic E-state index is 12.2. The van der Waals surface area contributed by atoms with Gasteiger partial charge in [0.25, 0.3) is 0 Å². The number of carbonyl (C=O) groups is 1. The number of amides is 1. The Bertz CT molecular complexity index is 1000. The van der Waals surface area contributed by atoms with E-state index in [9.17, 15) is 4.79 Å². The molecule has 2 heterocycles. The second kappa shape index (κ2) is 8.01. The van der Waals surface area contributed by atoms with Crippen molar-refractivity contribution in [2.24, 2.45) is 5.92 Å². The number of benzene rings is 2. The molecular formula is C21H20BrN3O2S. The van der Waals surface area contributed by atoms with Crippen molar-refractivity contribution in [3.63, 3.8) is 0 Å². The van der Waals surface area contributed by atoms with Crippen molar-refractivity contribution < 1.29 is 9.53 Å². The molecule has 0 spiro atoms. The van der Waals surface area contributed by atoms with Crippen molar-refractivity contribution in [3.8, 4) is 22.1 Å². The van der Waals surface area contributed by atoms with Crippen molar-refractivity contribution in [2.45, 2.75) is 26.8 Å². The van der Waals surface area contributed by atoms with Gasteiger partial charge >= 0.3 is 0 Å². The minimum Gasteiger partial charge on any atom is -0.457 e. The predicted molar refractivity (Wildman–Crippen MR) is 113 cm³/mol. The summed E-state index contributed by atoms with van der Waals surface area (Å²) in [5.41, 5.74) is 2.01. The molecule has 1 saturated heterocycles. The molecule has 1 aliphatic heterocycles. The summed E-state index contributed by atoms with van der Waals surface area (Å²) in [5.74, 6) is 2.11. The molecule has 2 aromatic carbocycles. The minimum absolute atomic E-state index is 0.207. The Morgan fingerprint density at radius 3 is 2.64 bits per heavy atom. The van der Waals surface area contributed by atoms with Gasteiger partial charge in [-0.05, 0) is 49.2 Å². The van der Waals surface area contributed by atoms with Gasteiger partial charge in [-0.15, -0.1) is 10.2 Å². The highest BCUT2D eigenvalue weighted by Crippen LogP contribution is 2.32. The van der Waals surface area contributed by atoms with E-state index >= 15 is 0 Å². The first-order valence-corrected chi connectivity index (χ1v) is 10.7. The molecule has 0 aliphatic carbocycles. The van der Waals surface area contributed by atoms with Crippen molar-refractivity contribution >= 4 is 33.2 Å². The third-order valence-corrected chi connectivity index (χ3v) is 6.03. The van der Waals surface area contributed by atoms with Gasteiger partial charge in [-0.3, -0.25) is 4.79 Å². The highest BCUT2D eigenvalue weighted by atomic mass is 79.9. The number of likely N-dealkylation sites (tertiary alicyclic amines) is 1. The van der Waals surface area contributed by atoms with Crippen LogP contribution in [-0.2, 0) is 11.3 Å². The van der Waals surface area contributed by atoms with Crippen molar-refractivity contribution in [1.82, 2.24) is 15.1 Å². The Labute approximate surface area is 176 Å². The highest BCUT2D eigenvalue weighted by Gasteiger charge is 2.27. The molecule has 3 aromatic rings. The van der Waals surface area contributed by atoms with Crippen LogP contribution in [0.5, 0.6) is 11.5 Å². The van der Waals surface area contributed by atoms with E-state index in [1.54, 1.807) is 11.3 Å². The topological polar surface area (TPSA) is 55.3 Å². The summed E-state index contributed by atoms with van der Waals surface area (Å²) in [6, 6.07) is 13.8. The molecule has 1 atom stereocenters. The molecule has 7 heteroatoms. The van der Waals surface area contributed by atoms with Crippen LogP contribution in [0.25, 0.3) is 10.6 Å². The number of hydrogen-bond donors (Lipinski definition) is 0. The molecule has 0 radical (unpaired) electrons. The van der Waals surface area contributed by atoms with Gasteiger partial charge in [0.15, 0.2) is 0 Å². The first-order chi connectivity index (χ1) is 13.5. The summed E-state index contributed by atoms with van der Waals surface area (Å²) in [4.78, 5) is 14.1. The van der Waals surface area contributed by atoms with Gasteiger partial charge in [-0.1, -0.05) is 40.3 Å². The van der Waals surface area contributed by atoms with E-state index in [0.29, 0.717) is 18.9 Å². The van der Waals surface area contributed by atoms with Gasteiger partial charge in [-0.2, -0.15) is 0 Å². The molecule has 0 bridgehead atoms. The van der Waals surface area contributed by atoms with Crippen molar-refractivity contribution in [1.29, 1.82) is 0 Å². The number of carbonyl (C=O) groups excluding carboxylic acids is 1. The van der Waals surface area contributed by atoms with Crippen LogP contribution in [-0.4, -0.2) is 27.5 Å². The van der Waals surface area contributed by atoms with E-state index in [0.717, 1.165) is 43.7 Å². The molecule has 144 valence electrons. The Hall–Kier alpha value is -2.25. The Morgan fingerprint density at radius 2 is 2.00 bits per heavy atom. The van der Waals surface area contributed by atoms with Crippen molar-refractivity contribution in [3.05, 3.63) is 57.5 Å². The molecule has 1 aliphatic rings. The van der Waals surface area contributed by atoms with Crippen LogP contribution in [0.2, 0.25) is 0 Å². The van der Waals surface area contributed by atoms with E-state index < -0.39 is 0 Å². The molecule has 0 N–H and O–H groups in total. The fraction of sp³-hybridized carbons (Fsp3) is 0.286. The lowest BCUT2D eigenvalue weighted by molar-refractivity contribution is -0.128. The SMILES string of the molecule is Cc1nnc(-c2ccc(Oc3cc(Br)ccc3CN3CC(C)CC3=O)cc2)s1. The summed E-state index contributed by atoms with van der Waals surface area (Å²) in [6.07, 6.45) is 0.624. The zero-order valence-electron chi connectivity index (χ0n) is 15.7. The van der Waals surface area contributed by atoms with E-state index in [4.69, 9.17) is 4.74 Å². The molecule has 5 nitrogen and oxygen atoms in total. The monoisotopic (exact) mass is 457 g/mol. The third-order valence-electron chi connectivity index (χ3n) is 4.65. The quantitative estimate of drug-likeness (QED) is 0.511. The highest BCUT2D eigenvalue weighted by molar-refractivity contribution is 9.10. The van der Waals surface area contributed by atoms with Gasteiger partial charge in [0, 0.05) is 35.1 Å². The third kappa shape index (κ3) is 4.25. The molecule has 28 heavy (non-hydrogen) atoms. The second-order valence-electron chi connectivity index (χ2n) is 7.09. The van der Waals surface area contributed by atoms with Crippen LogP contribution < -0.4 is 4.74 Å². The molecular weight excluding hydrogens is 438 g/mol. The maximum Gasteiger partial charge on any atom is 0.223 e. The molecule has 1 amide bonds. The number of nitrogens with zero attached hydrogens (tertiary/aromatic N) is 3. The average Bonchev–Trinajstić information content (AvgIpc) is 3.23. The normalized spacial score (nSPS) is 16.6. The number of ether oxygens (including phenoxy) is 1. The number of halogens is 1. The number of hydrogen-bond acceptors (Lipinski definition) is 5. The van der Waals surface area contributed by atoms with E-state index in [-0.39, 0.29) is 5.91 Å². The Balaban J connectivity index is 1.54. The van der Waals surface area contributed by atoms with Crippen LogP contribution in [0.3, 0.4) is 0 Å². The zero-order valence-corrected chi connectivity index (χ0v) is 18.1. The molecule has 1 fully saturated rings. The van der Waals surface area contributed by atoms with Crippen molar-refractivity contribution in [2.75, 3.05) is 6.54 Å². The van der Waals surface area contributed by atoms with Gasteiger partial charge in [0.2, 0.25) is 5.91 Å². The van der Waals surface area contributed by atoms with E-state index in [1.165, 1.54) is 0 Å². The van der Waals surface area contributed by atoms with Gasteiger partial charge < -0.3 is 9.64 Å². The van der Waals surface area contributed by atoms with Crippen LogP contribution in [0.15, 0.2) is 46.9 Å². The van der Waals surface area contributed by atoms with Crippen LogP contribution >= 0.6 is 27.3 Å². The largest absolute Gasteiger partial charge is 0.457 e. The Morgan fingerprint density at radius 1 is 1.21 bits per heavy atom. The summed E-state index contributed by atoms with van der Waals surface area (Å²) in [5, 5.41) is 10.1. The number of rotatable bonds is 5. The molecule has 4 rings (SSSR count). The standard InChI is InChI=1S/C21H20BrN3O2S/c1-13-9-20(26)25(11-13)12-16-3-6-17(22)10-19(16)27-18-7-4-15(5-8-18)21-24-23-14(2)28-21/h3-8,10,13H,9,11-12H2,1-2H3. The van der Waals surface area contributed by atoms with E-state index in [2.05, 4.69) is 33.1 Å². The van der Waals surface area contributed by atoms with Gasteiger partial charge in [0.05, 0.1) is 0 Å². The second-order valence-corrected chi connectivity index (χ2v) is 9.19. The summed E-state index contributed by atoms with van der Waals surface area (Å²) >= 11 is 5.08. The van der Waals surface area contributed by atoms with Gasteiger partial charge in [-0.25, -0.2) is 0 Å². The first kappa shape index (κ1) is 19.1. The lowest BCUT2D eigenvalue weighted by Crippen LogP contribution is -2.24. The Kier molecular flexibility index (Phi) is 5.46. The zero-order chi connectivity index (χ0) is 19.7. The van der Waals surface area contributed by atoms with Gasteiger partial charge in [0.1, 0.15) is 21.5 Å². The maximum absolute atomic E-state index is 12.2. The average molecular weight is 458 g/mol. The van der Waals surface area contributed by atoms with E-state index in [1.807, 2.05) is 54.3 Å².